The van der Waals surface area contributed by atoms with Crippen molar-refractivity contribution in [2.75, 3.05) is 12.4 Å². The van der Waals surface area contributed by atoms with E-state index in [1.54, 1.807) is 25.3 Å². The Kier molecular flexibility index (Phi) is 5.48. The molecule has 110 valence electrons. The van der Waals surface area contributed by atoms with Gasteiger partial charge in [0.15, 0.2) is 0 Å². The Bertz CT molecular complexity index is 644. The van der Waals surface area contributed by atoms with Gasteiger partial charge in [0.05, 0.1) is 7.11 Å². The molecule has 0 radical (unpaired) electrons. The Morgan fingerprint density at radius 1 is 1.19 bits per heavy atom. The Morgan fingerprint density at radius 2 is 2.00 bits per heavy atom. The summed E-state index contributed by atoms with van der Waals surface area (Å²) < 4.78 is 5.11. The summed E-state index contributed by atoms with van der Waals surface area (Å²) in [6.45, 7) is 0. The van der Waals surface area contributed by atoms with Gasteiger partial charge in [0.25, 0.3) is 0 Å². The number of amides is 1. The van der Waals surface area contributed by atoms with Crippen molar-refractivity contribution in [1.82, 2.24) is 0 Å². The molecule has 0 aliphatic carbocycles. The summed E-state index contributed by atoms with van der Waals surface area (Å²) in [7, 11) is 1.59. The highest BCUT2D eigenvalue weighted by atomic mass is 35.5. The molecule has 0 atom stereocenters. The monoisotopic (exact) mass is 323 g/mol. The molecule has 1 N–H and O–H groups in total. The lowest BCUT2D eigenvalue weighted by atomic mass is 10.1. The van der Waals surface area contributed by atoms with E-state index in [-0.39, 0.29) is 5.91 Å². The second-order valence-electron chi connectivity index (χ2n) is 4.52. The lowest BCUT2D eigenvalue weighted by Crippen LogP contribution is -2.12. The molecular weight excluding hydrogens is 309 g/mol. The van der Waals surface area contributed by atoms with E-state index in [2.05, 4.69) is 5.32 Å². The van der Waals surface area contributed by atoms with Crippen LogP contribution >= 0.6 is 23.2 Å². The van der Waals surface area contributed by atoms with Crippen LogP contribution in [0.4, 0.5) is 5.69 Å². The van der Waals surface area contributed by atoms with Crippen molar-refractivity contribution < 1.29 is 9.53 Å². The molecule has 0 spiro atoms. The average Bonchev–Trinajstić information content (AvgIpc) is 2.46. The number of halogens is 2. The molecule has 0 saturated carbocycles. The topological polar surface area (TPSA) is 38.3 Å². The van der Waals surface area contributed by atoms with Crippen LogP contribution in [0, 0.1) is 0 Å². The first-order valence-corrected chi connectivity index (χ1v) is 7.22. The summed E-state index contributed by atoms with van der Waals surface area (Å²) in [5.74, 6) is 0.628. The van der Waals surface area contributed by atoms with Crippen LogP contribution in [0.15, 0.2) is 42.5 Å². The lowest BCUT2D eigenvalue weighted by molar-refractivity contribution is -0.116. The normalized spacial score (nSPS) is 10.2. The molecule has 0 unspecified atom stereocenters. The van der Waals surface area contributed by atoms with Crippen LogP contribution in [-0.2, 0) is 11.2 Å². The number of hydrogen-bond donors (Lipinski definition) is 1. The summed E-state index contributed by atoms with van der Waals surface area (Å²) in [5.41, 5.74) is 1.61. The van der Waals surface area contributed by atoms with Crippen molar-refractivity contribution >= 4 is 34.8 Å². The van der Waals surface area contributed by atoms with E-state index in [1.807, 2.05) is 24.3 Å². The van der Waals surface area contributed by atoms with Gasteiger partial charge >= 0.3 is 0 Å². The third kappa shape index (κ3) is 4.66. The number of benzene rings is 2. The third-order valence-electron chi connectivity index (χ3n) is 2.99. The number of nitrogens with one attached hydrogen (secondary N) is 1. The number of aryl methyl sites for hydroxylation is 1. The first kappa shape index (κ1) is 15.7. The number of ether oxygens (including phenoxy) is 1. The maximum Gasteiger partial charge on any atom is 0.224 e. The maximum absolute atomic E-state index is 11.9. The number of rotatable bonds is 5. The van der Waals surface area contributed by atoms with Crippen molar-refractivity contribution in [3.63, 3.8) is 0 Å². The van der Waals surface area contributed by atoms with Crippen LogP contribution in [0.5, 0.6) is 5.75 Å². The molecule has 3 nitrogen and oxygen atoms in total. The van der Waals surface area contributed by atoms with E-state index >= 15 is 0 Å². The van der Waals surface area contributed by atoms with Crippen LogP contribution in [0.25, 0.3) is 0 Å². The fourth-order valence-electron chi connectivity index (χ4n) is 1.90. The Balaban J connectivity index is 1.92. The number of hydrogen-bond acceptors (Lipinski definition) is 2. The SMILES string of the molecule is COc1cccc(NC(=O)CCc2ccc(Cl)cc2Cl)c1. The molecule has 5 heteroatoms. The second kappa shape index (κ2) is 7.34. The summed E-state index contributed by atoms with van der Waals surface area (Å²) >= 11 is 11.9. The number of anilines is 1. The minimum atomic E-state index is -0.0748. The van der Waals surface area contributed by atoms with Gasteiger partial charge in [-0.25, -0.2) is 0 Å². The molecule has 2 aromatic carbocycles. The minimum Gasteiger partial charge on any atom is -0.497 e. The quantitative estimate of drug-likeness (QED) is 0.875. The third-order valence-corrected chi connectivity index (χ3v) is 3.58. The standard InChI is InChI=1S/C16H15Cl2NO2/c1-21-14-4-2-3-13(10-14)19-16(20)8-6-11-5-7-12(17)9-15(11)18/h2-5,7,9-10H,6,8H2,1H3,(H,19,20). The number of carbonyl (C=O) groups excluding carboxylic acids is 1. The van der Waals surface area contributed by atoms with Crippen LogP contribution in [0.3, 0.4) is 0 Å². The van der Waals surface area contributed by atoms with E-state index in [4.69, 9.17) is 27.9 Å². The van der Waals surface area contributed by atoms with E-state index in [0.29, 0.717) is 34.3 Å². The minimum absolute atomic E-state index is 0.0748. The zero-order valence-electron chi connectivity index (χ0n) is 11.5. The Morgan fingerprint density at radius 3 is 2.71 bits per heavy atom. The molecule has 0 heterocycles. The smallest absolute Gasteiger partial charge is 0.224 e. The fraction of sp³-hybridized carbons (Fsp3) is 0.188. The van der Waals surface area contributed by atoms with Crippen molar-refractivity contribution in [2.45, 2.75) is 12.8 Å². The maximum atomic E-state index is 11.9. The molecule has 0 fully saturated rings. The second-order valence-corrected chi connectivity index (χ2v) is 5.36. The molecular formula is C16H15Cl2NO2. The van der Waals surface area contributed by atoms with Crippen LogP contribution in [0.2, 0.25) is 10.0 Å². The first-order valence-electron chi connectivity index (χ1n) is 6.46. The van der Waals surface area contributed by atoms with Crippen molar-refractivity contribution in [3.05, 3.63) is 58.1 Å². The first-order chi connectivity index (χ1) is 10.1. The summed E-state index contributed by atoms with van der Waals surface area (Å²) in [4.78, 5) is 11.9. The van der Waals surface area contributed by atoms with Gasteiger partial charge in [-0.15, -0.1) is 0 Å². The molecule has 1 amide bonds. The van der Waals surface area contributed by atoms with Gasteiger partial charge < -0.3 is 10.1 Å². The Labute approximate surface area is 133 Å². The summed E-state index contributed by atoms with van der Waals surface area (Å²) in [6.07, 6.45) is 0.907. The number of methoxy groups -OCH3 is 1. The van der Waals surface area contributed by atoms with E-state index in [1.165, 1.54) is 0 Å². The molecule has 0 aromatic heterocycles. The largest absolute Gasteiger partial charge is 0.497 e. The van der Waals surface area contributed by atoms with Crippen LogP contribution in [0.1, 0.15) is 12.0 Å². The van der Waals surface area contributed by atoms with Crippen LogP contribution < -0.4 is 10.1 Å². The van der Waals surface area contributed by atoms with Crippen molar-refractivity contribution in [2.24, 2.45) is 0 Å². The predicted octanol–water partition coefficient (Wildman–Crippen LogP) is 4.57. The van der Waals surface area contributed by atoms with Gasteiger partial charge in [0, 0.05) is 28.2 Å². The van der Waals surface area contributed by atoms with Gasteiger partial charge in [-0.1, -0.05) is 35.3 Å². The highest BCUT2D eigenvalue weighted by Gasteiger charge is 2.07. The van der Waals surface area contributed by atoms with E-state index in [0.717, 1.165) is 5.56 Å². The van der Waals surface area contributed by atoms with Gasteiger partial charge in [0.2, 0.25) is 5.91 Å². The lowest BCUT2D eigenvalue weighted by Gasteiger charge is -2.08. The molecule has 0 saturated heterocycles. The fourth-order valence-corrected chi connectivity index (χ4v) is 2.40. The molecule has 2 rings (SSSR count). The summed E-state index contributed by atoms with van der Waals surface area (Å²) in [6, 6.07) is 12.5. The molecule has 0 bridgehead atoms. The van der Waals surface area contributed by atoms with Gasteiger partial charge in [-0.2, -0.15) is 0 Å². The van der Waals surface area contributed by atoms with Gasteiger partial charge in [0.1, 0.15) is 5.75 Å². The van der Waals surface area contributed by atoms with Crippen molar-refractivity contribution in [1.29, 1.82) is 0 Å². The predicted molar refractivity (Wildman–Crippen MR) is 86.4 cm³/mol. The molecule has 2 aromatic rings. The van der Waals surface area contributed by atoms with Crippen molar-refractivity contribution in [3.8, 4) is 5.75 Å². The van der Waals surface area contributed by atoms with Gasteiger partial charge in [-0.05, 0) is 36.2 Å². The van der Waals surface area contributed by atoms with E-state index < -0.39 is 0 Å². The zero-order valence-corrected chi connectivity index (χ0v) is 13.0. The highest BCUT2D eigenvalue weighted by molar-refractivity contribution is 6.35. The highest BCUT2D eigenvalue weighted by Crippen LogP contribution is 2.22. The van der Waals surface area contributed by atoms with Gasteiger partial charge in [-0.3, -0.25) is 4.79 Å². The summed E-state index contributed by atoms with van der Waals surface area (Å²) in [5, 5.41) is 4.00. The molecule has 0 aliphatic rings. The zero-order chi connectivity index (χ0) is 15.2. The van der Waals surface area contributed by atoms with Crippen LogP contribution in [-0.4, -0.2) is 13.0 Å². The average molecular weight is 324 g/mol. The number of carbonyl (C=O) groups is 1. The molecule has 21 heavy (non-hydrogen) atoms. The molecule has 0 aliphatic heterocycles. The Hall–Kier alpha value is -1.71. The van der Waals surface area contributed by atoms with E-state index in [9.17, 15) is 4.79 Å².